The maximum atomic E-state index is 5.95. The van der Waals surface area contributed by atoms with Crippen molar-refractivity contribution in [2.45, 2.75) is 65.3 Å². The second-order valence-corrected chi connectivity index (χ2v) is 8.66. The molecule has 0 radical (unpaired) electrons. The molecule has 0 unspecified atom stereocenters. The van der Waals surface area contributed by atoms with E-state index in [1.807, 2.05) is 33.8 Å². The van der Waals surface area contributed by atoms with Gasteiger partial charge in [-0.25, -0.2) is 15.0 Å². The van der Waals surface area contributed by atoms with Crippen LogP contribution < -0.4 is 14.8 Å². The second-order valence-electron chi connectivity index (χ2n) is 8.66. The minimum atomic E-state index is 0.131. The molecule has 2 aromatic heterocycles. The Bertz CT molecular complexity index is 966. The minimum Gasteiger partial charge on any atom is -0.491 e. The lowest BCUT2D eigenvalue weighted by Gasteiger charge is -2.32. The summed E-state index contributed by atoms with van der Waals surface area (Å²) in [6, 6.07) is 6.62. The van der Waals surface area contributed by atoms with Crippen LogP contribution in [0, 0.1) is 0 Å². The molecule has 1 aliphatic rings. The summed E-state index contributed by atoms with van der Waals surface area (Å²) in [7, 11) is 0. The first kappa shape index (κ1) is 21.4. The molecule has 31 heavy (non-hydrogen) atoms. The maximum Gasteiger partial charge on any atom is 0.162 e. The summed E-state index contributed by atoms with van der Waals surface area (Å²) in [4.78, 5) is 18.4. The Morgan fingerprint density at radius 2 is 1.68 bits per heavy atom. The van der Waals surface area contributed by atoms with Gasteiger partial charge >= 0.3 is 0 Å². The zero-order valence-electron chi connectivity index (χ0n) is 18.8. The number of nitrogens with one attached hydrogen (secondary N) is 2. The molecule has 0 amide bonds. The first-order chi connectivity index (χ1) is 15.0. The topological polar surface area (TPSA) is 88.2 Å². The molecule has 0 spiro atoms. The molecule has 8 nitrogen and oxygen atoms in total. The summed E-state index contributed by atoms with van der Waals surface area (Å²) in [5.74, 6) is 2.54. The van der Waals surface area contributed by atoms with Gasteiger partial charge in [-0.1, -0.05) is 0 Å². The van der Waals surface area contributed by atoms with Gasteiger partial charge in [-0.05, 0) is 58.2 Å². The SMILES string of the molecule is CC(C)Oc1cc(CN2CCC(Nc3ncnc4[nH]cnc34)CC2)cc(OC(C)C)c1. The van der Waals surface area contributed by atoms with Gasteiger partial charge in [0.2, 0.25) is 0 Å². The minimum absolute atomic E-state index is 0.131. The van der Waals surface area contributed by atoms with Gasteiger partial charge in [0.05, 0.1) is 18.5 Å². The van der Waals surface area contributed by atoms with Crippen LogP contribution >= 0.6 is 0 Å². The van der Waals surface area contributed by atoms with Crippen LogP contribution in [0.15, 0.2) is 30.9 Å². The van der Waals surface area contributed by atoms with Crippen LogP contribution in [0.4, 0.5) is 5.82 Å². The summed E-state index contributed by atoms with van der Waals surface area (Å²) >= 11 is 0. The predicted octanol–water partition coefficient (Wildman–Crippen LogP) is 4.00. The van der Waals surface area contributed by atoms with Gasteiger partial charge < -0.3 is 19.8 Å². The molecule has 1 aliphatic heterocycles. The van der Waals surface area contributed by atoms with Gasteiger partial charge in [-0.2, -0.15) is 0 Å². The van der Waals surface area contributed by atoms with E-state index in [9.17, 15) is 0 Å². The Kier molecular flexibility index (Phi) is 6.56. The van der Waals surface area contributed by atoms with E-state index in [1.54, 1.807) is 12.7 Å². The van der Waals surface area contributed by atoms with E-state index >= 15 is 0 Å². The third-order valence-electron chi connectivity index (χ3n) is 5.24. The van der Waals surface area contributed by atoms with Crippen molar-refractivity contribution in [2.75, 3.05) is 18.4 Å². The number of H-pyrrole nitrogens is 1. The summed E-state index contributed by atoms with van der Waals surface area (Å²) in [5, 5.41) is 3.56. The fourth-order valence-corrected chi connectivity index (χ4v) is 3.96. The Labute approximate surface area is 183 Å². The van der Waals surface area contributed by atoms with E-state index in [0.717, 1.165) is 61.0 Å². The van der Waals surface area contributed by atoms with Gasteiger partial charge in [0.25, 0.3) is 0 Å². The summed E-state index contributed by atoms with van der Waals surface area (Å²) in [6.45, 7) is 11.1. The number of ether oxygens (including phenoxy) is 2. The molecule has 2 N–H and O–H groups in total. The van der Waals surface area contributed by atoms with E-state index in [-0.39, 0.29) is 12.2 Å². The Morgan fingerprint density at radius 1 is 1.00 bits per heavy atom. The number of nitrogens with zero attached hydrogens (tertiary/aromatic N) is 4. The smallest absolute Gasteiger partial charge is 0.162 e. The molecule has 3 heterocycles. The summed E-state index contributed by atoms with van der Waals surface area (Å²) < 4.78 is 11.9. The Hall–Kier alpha value is -2.87. The van der Waals surface area contributed by atoms with Crippen LogP contribution in [0.5, 0.6) is 11.5 Å². The van der Waals surface area contributed by atoms with Crippen molar-refractivity contribution < 1.29 is 9.47 Å². The summed E-state index contributed by atoms with van der Waals surface area (Å²) in [5.41, 5.74) is 2.77. The first-order valence-electron chi connectivity index (χ1n) is 11.1. The average molecular weight is 425 g/mol. The number of piperidine rings is 1. The molecule has 1 fully saturated rings. The van der Waals surface area contributed by atoms with Crippen LogP contribution in [0.25, 0.3) is 11.2 Å². The highest BCUT2D eigenvalue weighted by Gasteiger charge is 2.21. The average Bonchev–Trinajstić information content (AvgIpc) is 3.18. The standard InChI is InChI=1S/C23H32N6O2/c1-15(2)30-19-9-17(10-20(11-19)31-16(3)4)12-29-7-5-18(6-8-29)28-23-21-22(25-13-24-21)26-14-27-23/h9-11,13-16,18H,5-8,12H2,1-4H3,(H2,24,25,26,27,28). The van der Waals surface area contributed by atoms with Crippen LogP contribution in [0.2, 0.25) is 0 Å². The second kappa shape index (κ2) is 9.51. The van der Waals surface area contributed by atoms with Crippen LogP contribution in [0.1, 0.15) is 46.1 Å². The molecule has 0 aliphatic carbocycles. The van der Waals surface area contributed by atoms with Crippen molar-refractivity contribution >= 4 is 17.0 Å². The van der Waals surface area contributed by atoms with E-state index in [1.165, 1.54) is 5.56 Å². The molecule has 1 saturated heterocycles. The lowest BCUT2D eigenvalue weighted by molar-refractivity contribution is 0.207. The molecule has 3 aromatic rings. The van der Waals surface area contributed by atoms with E-state index in [4.69, 9.17) is 9.47 Å². The molecule has 166 valence electrons. The zero-order valence-corrected chi connectivity index (χ0v) is 18.8. The quantitative estimate of drug-likeness (QED) is 0.565. The Morgan fingerprint density at radius 3 is 2.32 bits per heavy atom. The van der Waals surface area contributed by atoms with Crippen molar-refractivity contribution in [1.82, 2.24) is 24.8 Å². The lowest BCUT2D eigenvalue weighted by atomic mass is 10.0. The Balaban J connectivity index is 1.37. The monoisotopic (exact) mass is 424 g/mol. The number of imidazole rings is 1. The van der Waals surface area contributed by atoms with Crippen molar-refractivity contribution in [3.05, 3.63) is 36.4 Å². The number of hydrogen-bond acceptors (Lipinski definition) is 7. The molecule has 4 rings (SSSR count). The van der Waals surface area contributed by atoms with Gasteiger partial charge in [0, 0.05) is 31.7 Å². The number of fused-ring (bicyclic) bond motifs is 1. The fraction of sp³-hybridized carbons (Fsp3) is 0.522. The normalized spacial score (nSPS) is 15.7. The molecular weight excluding hydrogens is 392 g/mol. The number of aromatic nitrogens is 4. The third kappa shape index (κ3) is 5.64. The largest absolute Gasteiger partial charge is 0.491 e. The summed E-state index contributed by atoms with van der Waals surface area (Å²) in [6.07, 6.45) is 5.59. The predicted molar refractivity (Wildman–Crippen MR) is 122 cm³/mol. The van der Waals surface area contributed by atoms with Crippen LogP contribution in [-0.4, -0.2) is 56.2 Å². The van der Waals surface area contributed by atoms with Crippen molar-refractivity contribution in [3.63, 3.8) is 0 Å². The van der Waals surface area contributed by atoms with Crippen LogP contribution in [0.3, 0.4) is 0 Å². The molecular formula is C23H32N6O2. The van der Waals surface area contributed by atoms with E-state index in [0.29, 0.717) is 6.04 Å². The van der Waals surface area contributed by atoms with Crippen molar-refractivity contribution in [1.29, 1.82) is 0 Å². The van der Waals surface area contributed by atoms with Crippen molar-refractivity contribution in [3.8, 4) is 11.5 Å². The maximum absolute atomic E-state index is 5.95. The number of anilines is 1. The fourth-order valence-electron chi connectivity index (χ4n) is 3.96. The van der Waals surface area contributed by atoms with Gasteiger partial charge in [0.1, 0.15) is 23.3 Å². The lowest BCUT2D eigenvalue weighted by Crippen LogP contribution is -2.38. The van der Waals surface area contributed by atoms with E-state index < -0.39 is 0 Å². The van der Waals surface area contributed by atoms with Crippen LogP contribution in [-0.2, 0) is 6.54 Å². The highest BCUT2D eigenvalue weighted by molar-refractivity contribution is 5.82. The first-order valence-corrected chi connectivity index (χ1v) is 11.1. The third-order valence-corrected chi connectivity index (χ3v) is 5.24. The van der Waals surface area contributed by atoms with Gasteiger partial charge in [-0.15, -0.1) is 0 Å². The molecule has 0 bridgehead atoms. The molecule has 0 atom stereocenters. The highest BCUT2D eigenvalue weighted by Crippen LogP contribution is 2.27. The molecule has 1 aromatic carbocycles. The number of rotatable bonds is 8. The molecule has 8 heteroatoms. The molecule has 0 saturated carbocycles. The van der Waals surface area contributed by atoms with E-state index in [2.05, 4.69) is 42.3 Å². The zero-order chi connectivity index (χ0) is 21.8. The van der Waals surface area contributed by atoms with Gasteiger partial charge in [0.15, 0.2) is 11.5 Å². The van der Waals surface area contributed by atoms with Crippen molar-refractivity contribution in [2.24, 2.45) is 0 Å². The number of benzene rings is 1. The number of likely N-dealkylation sites (tertiary alicyclic amines) is 1. The number of hydrogen-bond donors (Lipinski definition) is 2. The number of aromatic amines is 1. The van der Waals surface area contributed by atoms with Gasteiger partial charge in [-0.3, -0.25) is 4.90 Å². The highest BCUT2D eigenvalue weighted by atomic mass is 16.5.